The highest BCUT2D eigenvalue weighted by Gasteiger charge is 2.03. The SMILES string of the molecule is C=CCC(N)c1ccc(OCCCC)cc1. The van der Waals surface area contributed by atoms with Gasteiger partial charge in [-0.15, -0.1) is 6.58 Å². The normalized spacial score (nSPS) is 12.1. The molecule has 0 saturated carbocycles. The van der Waals surface area contributed by atoms with Crippen LogP contribution in [0.15, 0.2) is 36.9 Å². The van der Waals surface area contributed by atoms with Gasteiger partial charge in [-0.3, -0.25) is 0 Å². The minimum absolute atomic E-state index is 0.0437. The molecule has 0 fully saturated rings. The molecule has 1 unspecified atom stereocenters. The first-order valence-corrected chi connectivity index (χ1v) is 5.87. The summed E-state index contributed by atoms with van der Waals surface area (Å²) in [5, 5.41) is 0. The summed E-state index contributed by atoms with van der Waals surface area (Å²) in [5.41, 5.74) is 7.09. The zero-order chi connectivity index (χ0) is 11.8. The van der Waals surface area contributed by atoms with E-state index in [1.54, 1.807) is 0 Å². The summed E-state index contributed by atoms with van der Waals surface area (Å²) in [5.74, 6) is 0.919. The van der Waals surface area contributed by atoms with Gasteiger partial charge in [0, 0.05) is 6.04 Å². The van der Waals surface area contributed by atoms with Crippen LogP contribution in [0.1, 0.15) is 37.8 Å². The van der Waals surface area contributed by atoms with Crippen molar-refractivity contribution in [1.29, 1.82) is 0 Å². The number of ether oxygens (including phenoxy) is 1. The van der Waals surface area contributed by atoms with Crippen LogP contribution in [0.3, 0.4) is 0 Å². The number of benzene rings is 1. The lowest BCUT2D eigenvalue weighted by Crippen LogP contribution is -2.08. The molecule has 0 saturated heterocycles. The van der Waals surface area contributed by atoms with Crippen LogP contribution in [0.4, 0.5) is 0 Å². The average molecular weight is 219 g/mol. The summed E-state index contributed by atoms with van der Waals surface area (Å²) in [4.78, 5) is 0. The molecule has 1 rings (SSSR count). The Morgan fingerprint density at radius 2 is 2.06 bits per heavy atom. The fraction of sp³-hybridized carbons (Fsp3) is 0.429. The van der Waals surface area contributed by atoms with Crippen molar-refractivity contribution in [3.05, 3.63) is 42.5 Å². The van der Waals surface area contributed by atoms with Crippen LogP contribution in [-0.4, -0.2) is 6.61 Å². The molecule has 0 aliphatic rings. The molecule has 16 heavy (non-hydrogen) atoms. The van der Waals surface area contributed by atoms with E-state index < -0.39 is 0 Å². The van der Waals surface area contributed by atoms with Crippen LogP contribution >= 0.6 is 0 Å². The summed E-state index contributed by atoms with van der Waals surface area (Å²) in [7, 11) is 0. The molecule has 2 nitrogen and oxygen atoms in total. The third-order valence-corrected chi connectivity index (χ3v) is 2.50. The van der Waals surface area contributed by atoms with E-state index in [4.69, 9.17) is 10.5 Å². The van der Waals surface area contributed by atoms with Gasteiger partial charge in [0.2, 0.25) is 0 Å². The molecule has 1 atom stereocenters. The van der Waals surface area contributed by atoms with E-state index >= 15 is 0 Å². The third kappa shape index (κ3) is 4.07. The lowest BCUT2D eigenvalue weighted by molar-refractivity contribution is 0.309. The Labute approximate surface area is 98.1 Å². The van der Waals surface area contributed by atoms with E-state index in [0.717, 1.165) is 37.2 Å². The topological polar surface area (TPSA) is 35.2 Å². The zero-order valence-corrected chi connectivity index (χ0v) is 9.99. The highest BCUT2D eigenvalue weighted by molar-refractivity contribution is 5.29. The molecule has 1 aromatic rings. The number of hydrogen-bond donors (Lipinski definition) is 1. The van der Waals surface area contributed by atoms with Gasteiger partial charge in [-0.2, -0.15) is 0 Å². The second kappa shape index (κ2) is 7.07. The molecular formula is C14H21NO. The fourth-order valence-electron chi connectivity index (χ4n) is 1.46. The number of hydrogen-bond acceptors (Lipinski definition) is 2. The van der Waals surface area contributed by atoms with Gasteiger partial charge in [0.05, 0.1) is 6.61 Å². The van der Waals surface area contributed by atoms with Gasteiger partial charge in [0.1, 0.15) is 5.75 Å². The van der Waals surface area contributed by atoms with E-state index in [0.29, 0.717) is 0 Å². The van der Waals surface area contributed by atoms with Crippen molar-refractivity contribution >= 4 is 0 Å². The summed E-state index contributed by atoms with van der Waals surface area (Å²) < 4.78 is 5.58. The summed E-state index contributed by atoms with van der Waals surface area (Å²) in [6.07, 6.45) is 4.90. The molecule has 0 heterocycles. The molecule has 0 aromatic heterocycles. The average Bonchev–Trinajstić information content (AvgIpc) is 2.30. The van der Waals surface area contributed by atoms with Crippen molar-refractivity contribution in [2.24, 2.45) is 5.73 Å². The minimum Gasteiger partial charge on any atom is -0.494 e. The smallest absolute Gasteiger partial charge is 0.119 e. The maximum absolute atomic E-state index is 5.97. The Morgan fingerprint density at radius 3 is 2.62 bits per heavy atom. The maximum atomic E-state index is 5.97. The molecule has 1 aromatic carbocycles. The molecule has 0 aliphatic carbocycles. The largest absolute Gasteiger partial charge is 0.494 e. The van der Waals surface area contributed by atoms with Crippen LogP contribution < -0.4 is 10.5 Å². The predicted octanol–water partition coefficient (Wildman–Crippen LogP) is 3.44. The maximum Gasteiger partial charge on any atom is 0.119 e. The monoisotopic (exact) mass is 219 g/mol. The summed E-state index contributed by atoms with van der Waals surface area (Å²) in [6, 6.07) is 8.05. The lowest BCUT2D eigenvalue weighted by atomic mass is 10.0. The summed E-state index contributed by atoms with van der Waals surface area (Å²) in [6.45, 7) is 6.63. The molecule has 0 spiro atoms. The number of rotatable bonds is 7. The zero-order valence-electron chi connectivity index (χ0n) is 9.99. The second-order valence-corrected chi connectivity index (χ2v) is 3.90. The highest BCUT2D eigenvalue weighted by Crippen LogP contribution is 2.18. The number of unbranched alkanes of at least 4 members (excludes halogenated alkanes) is 1. The Balaban J connectivity index is 2.50. The van der Waals surface area contributed by atoms with E-state index in [-0.39, 0.29) is 6.04 Å². The Morgan fingerprint density at radius 1 is 1.38 bits per heavy atom. The third-order valence-electron chi connectivity index (χ3n) is 2.50. The molecule has 2 heteroatoms. The van der Waals surface area contributed by atoms with Crippen molar-refractivity contribution < 1.29 is 4.74 Å². The minimum atomic E-state index is 0.0437. The van der Waals surface area contributed by atoms with E-state index in [1.807, 2.05) is 30.3 Å². The van der Waals surface area contributed by atoms with Gasteiger partial charge in [0.15, 0.2) is 0 Å². The molecular weight excluding hydrogens is 198 g/mol. The van der Waals surface area contributed by atoms with Crippen LogP contribution in [0.2, 0.25) is 0 Å². The van der Waals surface area contributed by atoms with Crippen LogP contribution in [0.5, 0.6) is 5.75 Å². The van der Waals surface area contributed by atoms with Crippen LogP contribution in [0.25, 0.3) is 0 Å². The van der Waals surface area contributed by atoms with Crippen molar-refractivity contribution in [3.63, 3.8) is 0 Å². The van der Waals surface area contributed by atoms with Crippen molar-refractivity contribution in [1.82, 2.24) is 0 Å². The molecule has 0 radical (unpaired) electrons. The van der Waals surface area contributed by atoms with Gasteiger partial charge in [-0.1, -0.05) is 31.6 Å². The predicted molar refractivity (Wildman–Crippen MR) is 68.6 cm³/mol. The Bertz CT molecular complexity index is 305. The standard InChI is InChI=1S/C14H21NO/c1-3-5-11-16-13-9-7-12(8-10-13)14(15)6-4-2/h4,7-10,14H,2-3,5-6,11,15H2,1H3. The van der Waals surface area contributed by atoms with Gasteiger partial charge < -0.3 is 10.5 Å². The van der Waals surface area contributed by atoms with Crippen LogP contribution in [-0.2, 0) is 0 Å². The van der Waals surface area contributed by atoms with Gasteiger partial charge in [-0.05, 0) is 30.5 Å². The van der Waals surface area contributed by atoms with Gasteiger partial charge >= 0.3 is 0 Å². The Kier molecular flexibility index (Phi) is 5.65. The molecule has 0 bridgehead atoms. The fourth-order valence-corrected chi connectivity index (χ4v) is 1.46. The molecule has 0 aliphatic heterocycles. The van der Waals surface area contributed by atoms with Gasteiger partial charge in [-0.25, -0.2) is 0 Å². The van der Waals surface area contributed by atoms with Crippen LogP contribution in [0, 0.1) is 0 Å². The van der Waals surface area contributed by atoms with Crippen molar-refractivity contribution in [2.75, 3.05) is 6.61 Å². The summed E-state index contributed by atoms with van der Waals surface area (Å²) >= 11 is 0. The Hall–Kier alpha value is -1.28. The highest BCUT2D eigenvalue weighted by atomic mass is 16.5. The van der Waals surface area contributed by atoms with Crippen molar-refractivity contribution in [3.8, 4) is 5.75 Å². The lowest BCUT2D eigenvalue weighted by Gasteiger charge is -2.10. The quantitative estimate of drug-likeness (QED) is 0.563. The van der Waals surface area contributed by atoms with E-state index in [2.05, 4.69) is 13.5 Å². The van der Waals surface area contributed by atoms with E-state index in [1.165, 1.54) is 0 Å². The number of nitrogens with two attached hydrogens (primary N) is 1. The first-order chi connectivity index (χ1) is 7.77. The first-order valence-electron chi connectivity index (χ1n) is 5.87. The van der Waals surface area contributed by atoms with Crippen molar-refractivity contribution in [2.45, 2.75) is 32.2 Å². The molecule has 2 N–H and O–H groups in total. The van der Waals surface area contributed by atoms with Gasteiger partial charge in [0.25, 0.3) is 0 Å². The second-order valence-electron chi connectivity index (χ2n) is 3.90. The molecule has 88 valence electrons. The first kappa shape index (κ1) is 12.8. The van der Waals surface area contributed by atoms with E-state index in [9.17, 15) is 0 Å². The molecule has 0 amide bonds.